The molecule has 0 unspecified atom stereocenters. The summed E-state index contributed by atoms with van der Waals surface area (Å²) in [5.74, 6) is -0.214. The molecule has 1 N–H and O–H groups in total. The van der Waals surface area contributed by atoms with Crippen LogP contribution in [0.15, 0.2) is 42.5 Å². The molecule has 3 aromatic rings. The fraction of sp³-hybridized carbons (Fsp3) is 0.235. The van der Waals surface area contributed by atoms with Crippen LogP contribution in [0.5, 0.6) is 0 Å². The molecular weight excluding hydrogens is 328 g/mol. The molecule has 3 rings (SSSR count). The summed E-state index contributed by atoms with van der Waals surface area (Å²) in [6.07, 6.45) is 0.778. The number of hydrogen-bond donors (Lipinski definition) is 1. The number of carbonyl (C=O) groups is 1. The van der Waals surface area contributed by atoms with Gasteiger partial charge in [0.15, 0.2) is 6.61 Å². The SMILES string of the molecule is Cc1ccccc1CCNC(=O)COn1nnc2ccc(Cl)cc21. The Morgan fingerprint density at radius 2 is 2.12 bits per heavy atom. The van der Waals surface area contributed by atoms with Gasteiger partial charge in [-0.05, 0) is 47.9 Å². The van der Waals surface area contributed by atoms with E-state index in [0.29, 0.717) is 22.6 Å². The third-order valence-corrected chi connectivity index (χ3v) is 3.91. The molecular formula is C17H17ClN4O2. The molecule has 2 aromatic carbocycles. The number of amides is 1. The van der Waals surface area contributed by atoms with Crippen LogP contribution in [0.2, 0.25) is 5.02 Å². The minimum atomic E-state index is -0.214. The monoisotopic (exact) mass is 344 g/mol. The van der Waals surface area contributed by atoms with Gasteiger partial charge >= 0.3 is 0 Å². The maximum Gasteiger partial charge on any atom is 0.260 e. The molecule has 0 saturated carbocycles. The molecule has 0 aliphatic carbocycles. The zero-order valence-electron chi connectivity index (χ0n) is 13.2. The molecule has 0 radical (unpaired) electrons. The molecule has 6 nitrogen and oxygen atoms in total. The molecule has 0 fully saturated rings. The Balaban J connectivity index is 1.50. The van der Waals surface area contributed by atoms with Gasteiger partial charge in [-0.15, -0.1) is 5.10 Å². The van der Waals surface area contributed by atoms with Crippen LogP contribution in [0, 0.1) is 6.92 Å². The first-order valence-corrected chi connectivity index (χ1v) is 7.97. The minimum absolute atomic E-state index is 0.140. The minimum Gasteiger partial charge on any atom is -0.385 e. The summed E-state index contributed by atoms with van der Waals surface area (Å²) in [5.41, 5.74) is 3.71. The van der Waals surface area contributed by atoms with E-state index in [9.17, 15) is 4.79 Å². The van der Waals surface area contributed by atoms with E-state index < -0.39 is 0 Å². The number of hydrogen-bond acceptors (Lipinski definition) is 4. The molecule has 7 heteroatoms. The van der Waals surface area contributed by atoms with Crippen molar-refractivity contribution in [2.75, 3.05) is 13.2 Å². The highest BCUT2D eigenvalue weighted by Gasteiger charge is 2.08. The molecule has 1 amide bonds. The van der Waals surface area contributed by atoms with E-state index in [4.69, 9.17) is 16.4 Å². The van der Waals surface area contributed by atoms with Gasteiger partial charge in [-0.3, -0.25) is 4.79 Å². The maximum atomic E-state index is 11.9. The summed E-state index contributed by atoms with van der Waals surface area (Å²) in [5, 5.41) is 11.2. The summed E-state index contributed by atoms with van der Waals surface area (Å²) in [6, 6.07) is 13.3. The number of benzene rings is 2. The zero-order valence-corrected chi connectivity index (χ0v) is 14.0. The first-order chi connectivity index (χ1) is 11.6. The normalized spacial score (nSPS) is 10.8. The van der Waals surface area contributed by atoms with Gasteiger partial charge in [-0.2, -0.15) is 0 Å². The van der Waals surface area contributed by atoms with Crippen LogP contribution in [-0.2, 0) is 11.2 Å². The summed E-state index contributed by atoms with van der Waals surface area (Å²) < 4.78 is 0. The number of aryl methyl sites for hydroxylation is 1. The molecule has 0 aliphatic heterocycles. The van der Waals surface area contributed by atoms with E-state index in [1.807, 2.05) is 12.1 Å². The second kappa shape index (κ2) is 7.31. The van der Waals surface area contributed by atoms with Gasteiger partial charge < -0.3 is 10.2 Å². The molecule has 0 aliphatic rings. The Morgan fingerprint density at radius 1 is 1.29 bits per heavy atom. The van der Waals surface area contributed by atoms with Gasteiger partial charge in [0.05, 0.1) is 0 Å². The Kier molecular flexibility index (Phi) is 4.96. The van der Waals surface area contributed by atoms with Crippen molar-refractivity contribution in [3.05, 3.63) is 58.6 Å². The lowest BCUT2D eigenvalue weighted by atomic mass is 10.1. The average Bonchev–Trinajstić information content (AvgIpc) is 2.97. The second-order valence-electron chi connectivity index (χ2n) is 5.40. The van der Waals surface area contributed by atoms with Crippen LogP contribution in [-0.4, -0.2) is 34.2 Å². The van der Waals surface area contributed by atoms with Crippen molar-refractivity contribution < 1.29 is 9.63 Å². The summed E-state index contributed by atoms with van der Waals surface area (Å²) in [7, 11) is 0. The molecule has 0 bridgehead atoms. The molecule has 1 heterocycles. The lowest BCUT2D eigenvalue weighted by Crippen LogP contribution is -2.33. The third-order valence-electron chi connectivity index (χ3n) is 3.67. The molecule has 1 aromatic heterocycles. The van der Waals surface area contributed by atoms with Gasteiger partial charge in [-0.25, -0.2) is 0 Å². The first-order valence-electron chi connectivity index (χ1n) is 7.59. The number of nitrogens with zero attached hydrogens (tertiary/aromatic N) is 3. The van der Waals surface area contributed by atoms with Crippen molar-refractivity contribution >= 4 is 28.5 Å². The van der Waals surface area contributed by atoms with E-state index in [2.05, 4.69) is 34.7 Å². The number of rotatable bonds is 6. The van der Waals surface area contributed by atoms with Crippen LogP contribution >= 0.6 is 11.6 Å². The highest BCUT2D eigenvalue weighted by atomic mass is 35.5. The molecule has 0 spiro atoms. The highest BCUT2D eigenvalue weighted by Crippen LogP contribution is 2.16. The fourth-order valence-corrected chi connectivity index (χ4v) is 2.53. The average molecular weight is 345 g/mol. The van der Waals surface area contributed by atoms with E-state index in [-0.39, 0.29) is 12.5 Å². The van der Waals surface area contributed by atoms with Crippen molar-refractivity contribution in [1.29, 1.82) is 0 Å². The fourth-order valence-electron chi connectivity index (χ4n) is 2.36. The van der Waals surface area contributed by atoms with Crippen LogP contribution in [0.1, 0.15) is 11.1 Å². The molecule has 124 valence electrons. The number of carbonyl (C=O) groups excluding carboxylic acids is 1. The summed E-state index contributed by atoms with van der Waals surface area (Å²) in [6.45, 7) is 2.47. The van der Waals surface area contributed by atoms with Crippen molar-refractivity contribution in [1.82, 2.24) is 20.5 Å². The number of nitrogens with one attached hydrogen (secondary N) is 1. The van der Waals surface area contributed by atoms with Crippen molar-refractivity contribution in [3.8, 4) is 0 Å². The largest absolute Gasteiger partial charge is 0.385 e. The second-order valence-corrected chi connectivity index (χ2v) is 5.83. The van der Waals surface area contributed by atoms with E-state index in [1.165, 1.54) is 16.0 Å². The quantitative estimate of drug-likeness (QED) is 0.744. The molecule has 0 saturated heterocycles. The predicted molar refractivity (Wildman–Crippen MR) is 91.9 cm³/mol. The van der Waals surface area contributed by atoms with Gasteiger partial charge in [0.1, 0.15) is 11.0 Å². The van der Waals surface area contributed by atoms with Crippen molar-refractivity contribution in [2.45, 2.75) is 13.3 Å². The molecule has 0 atom stereocenters. The van der Waals surface area contributed by atoms with Crippen LogP contribution in [0.3, 0.4) is 0 Å². The zero-order chi connectivity index (χ0) is 16.9. The Bertz CT molecular complexity index is 863. The number of halogens is 1. The van der Waals surface area contributed by atoms with Crippen LogP contribution in [0.25, 0.3) is 11.0 Å². The molecule has 24 heavy (non-hydrogen) atoms. The van der Waals surface area contributed by atoms with Crippen LogP contribution in [0.4, 0.5) is 0 Å². The van der Waals surface area contributed by atoms with Crippen molar-refractivity contribution in [3.63, 3.8) is 0 Å². The predicted octanol–water partition coefficient (Wildman–Crippen LogP) is 2.18. The maximum absolute atomic E-state index is 11.9. The van der Waals surface area contributed by atoms with E-state index in [1.54, 1.807) is 18.2 Å². The standard InChI is InChI=1S/C17H17ClN4O2/c1-12-4-2-3-5-13(12)8-9-19-17(23)11-24-22-16-10-14(18)6-7-15(16)20-21-22/h2-7,10H,8-9,11H2,1H3,(H,19,23). The van der Waals surface area contributed by atoms with Gasteiger partial charge in [0, 0.05) is 11.6 Å². The van der Waals surface area contributed by atoms with E-state index >= 15 is 0 Å². The Hall–Kier alpha value is -2.60. The topological polar surface area (TPSA) is 69.0 Å². The van der Waals surface area contributed by atoms with Crippen molar-refractivity contribution in [2.24, 2.45) is 0 Å². The Labute approximate surface area is 144 Å². The van der Waals surface area contributed by atoms with Gasteiger partial charge in [-0.1, -0.05) is 40.7 Å². The first kappa shape index (κ1) is 16.3. The Morgan fingerprint density at radius 3 is 2.96 bits per heavy atom. The summed E-state index contributed by atoms with van der Waals surface area (Å²) >= 11 is 5.95. The lowest BCUT2D eigenvalue weighted by molar-refractivity contribution is -0.126. The third kappa shape index (κ3) is 3.83. The van der Waals surface area contributed by atoms with Gasteiger partial charge in [0.25, 0.3) is 5.91 Å². The lowest BCUT2D eigenvalue weighted by Gasteiger charge is -2.08. The van der Waals surface area contributed by atoms with Crippen LogP contribution < -0.4 is 10.2 Å². The number of aromatic nitrogens is 3. The smallest absolute Gasteiger partial charge is 0.260 e. The number of fused-ring (bicyclic) bond motifs is 1. The van der Waals surface area contributed by atoms with E-state index in [0.717, 1.165) is 6.42 Å². The highest BCUT2D eigenvalue weighted by molar-refractivity contribution is 6.31. The summed E-state index contributed by atoms with van der Waals surface area (Å²) in [4.78, 5) is 18.5. The van der Waals surface area contributed by atoms with Gasteiger partial charge in [0.2, 0.25) is 0 Å².